The molecule has 0 bridgehead atoms. The molecule has 0 spiro atoms. The Labute approximate surface area is 88.7 Å². The number of methoxy groups -OCH3 is 1. The van der Waals surface area contributed by atoms with Crippen LogP contribution in [-0.2, 0) is 14.9 Å². The minimum atomic E-state index is -0.616. The van der Waals surface area contributed by atoms with Gasteiger partial charge in [0.05, 0.1) is 18.6 Å². The van der Waals surface area contributed by atoms with Crippen molar-refractivity contribution in [1.82, 2.24) is 0 Å². The van der Waals surface area contributed by atoms with Gasteiger partial charge in [-0.25, -0.2) is 0 Å². The highest BCUT2D eigenvalue weighted by Crippen LogP contribution is 2.44. The van der Waals surface area contributed by atoms with E-state index in [9.17, 15) is 9.90 Å². The van der Waals surface area contributed by atoms with Crippen molar-refractivity contribution in [3.8, 4) is 0 Å². The summed E-state index contributed by atoms with van der Waals surface area (Å²) in [6.07, 6.45) is 0.539. The Morgan fingerprint density at radius 3 is 2.47 bits per heavy atom. The minimum Gasteiger partial charge on any atom is -0.468 e. The Balaban J connectivity index is 2.33. The summed E-state index contributed by atoms with van der Waals surface area (Å²) in [5.41, 5.74) is 0.317. The first-order valence-corrected chi connectivity index (χ1v) is 5.01. The van der Waals surface area contributed by atoms with Crippen LogP contribution in [0.5, 0.6) is 0 Å². The van der Waals surface area contributed by atoms with Crippen molar-refractivity contribution in [3.05, 3.63) is 35.9 Å². The van der Waals surface area contributed by atoms with E-state index in [4.69, 9.17) is 4.74 Å². The third-order valence-electron chi connectivity index (χ3n) is 3.07. The second-order valence-electron chi connectivity index (χ2n) is 4.00. The molecule has 3 heteroatoms. The summed E-state index contributed by atoms with van der Waals surface area (Å²) in [6.45, 7) is 0. The molecular weight excluding hydrogens is 192 g/mol. The lowest BCUT2D eigenvalue weighted by molar-refractivity contribution is -0.156. The summed E-state index contributed by atoms with van der Waals surface area (Å²) >= 11 is 0. The Kier molecular flexibility index (Phi) is 2.49. The van der Waals surface area contributed by atoms with E-state index in [1.54, 1.807) is 0 Å². The Morgan fingerprint density at radius 1 is 1.40 bits per heavy atom. The quantitative estimate of drug-likeness (QED) is 0.741. The van der Waals surface area contributed by atoms with Crippen molar-refractivity contribution < 1.29 is 14.6 Å². The van der Waals surface area contributed by atoms with Crippen LogP contribution in [0.2, 0.25) is 0 Å². The summed E-state index contributed by atoms with van der Waals surface area (Å²) in [5.74, 6) is -0.251. The third-order valence-corrected chi connectivity index (χ3v) is 3.07. The van der Waals surface area contributed by atoms with E-state index in [2.05, 4.69) is 0 Å². The lowest BCUT2D eigenvalue weighted by Gasteiger charge is -2.43. The molecule has 3 nitrogen and oxygen atoms in total. The van der Waals surface area contributed by atoms with Crippen molar-refractivity contribution in [2.75, 3.05) is 7.11 Å². The summed E-state index contributed by atoms with van der Waals surface area (Å²) in [7, 11) is 1.39. The maximum Gasteiger partial charge on any atom is 0.316 e. The molecule has 0 heterocycles. The first kappa shape index (κ1) is 10.2. The SMILES string of the molecule is COC(=O)C1(c2ccccc2)CC(O)C1. The van der Waals surface area contributed by atoms with Crippen LogP contribution in [-0.4, -0.2) is 24.3 Å². The van der Waals surface area contributed by atoms with Gasteiger partial charge in [0.15, 0.2) is 0 Å². The van der Waals surface area contributed by atoms with Crippen LogP contribution in [0.4, 0.5) is 0 Å². The Hall–Kier alpha value is -1.35. The molecule has 15 heavy (non-hydrogen) atoms. The second kappa shape index (κ2) is 3.66. The van der Waals surface area contributed by atoms with E-state index in [0.717, 1.165) is 5.56 Å². The fourth-order valence-electron chi connectivity index (χ4n) is 2.22. The van der Waals surface area contributed by atoms with Gasteiger partial charge in [0, 0.05) is 0 Å². The molecule has 1 saturated carbocycles. The van der Waals surface area contributed by atoms with Crippen LogP contribution in [0, 0.1) is 0 Å². The maximum absolute atomic E-state index is 11.7. The largest absolute Gasteiger partial charge is 0.468 e. The van der Waals surface area contributed by atoms with Crippen LogP contribution in [0.15, 0.2) is 30.3 Å². The minimum absolute atomic E-state index is 0.251. The van der Waals surface area contributed by atoms with Gasteiger partial charge in [-0.1, -0.05) is 30.3 Å². The number of carbonyl (C=O) groups is 1. The van der Waals surface area contributed by atoms with E-state index >= 15 is 0 Å². The predicted octanol–water partition coefficient (Wildman–Crippen LogP) is 1.25. The number of aliphatic hydroxyl groups excluding tert-OH is 1. The molecule has 1 aromatic carbocycles. The molecule has 0 unspecified atom stereocenters. The summed E-state index contributed by atoms with van der Waals surface area (Å²) in [4.78, 5) is 11.7. The molecule has 0 aliphatic heterocycles. The fourth-order valence-corrected chi connectivity index (χ4v) is 2.22. The average Bonchev–Trinajstić information content (AvgIpc) is 2.24. The normalized spacial score (nSPS) is 29.3. The summed E-state index contributed by atoms with van der Waals surface area (Å²) < 4.78 is 4.81. The van der Waals surface area contributed by atoms with Gasteiger partial charge >= 0.3 is 5.97 Å². The molecule has 1 N–H and O–H groups in total. The number of hydrogen-bond donors (Lipinski definition) is 1. The molecule has 80 valence electrons. The van der Waals surface area contributed by atoms with Gasteiger partial charge < -0.3 is 9.84 Å². The van der Waals surface area contributed by atoms with Crippen molar-refractivity contribution in [2.24, 2.45) is 0 Å². The highest BCUT2D eigenvalue weighted by molar-refractivity contribution is 5.84. The van der Waals surface area contributed by atoms with Crippen LogP contribution in [0.1, 0.15) is 18.4 Å². The molecule has 0 radical (unpaired) electrons. The van der Waals surface area contributed by atoms with E-state index in [1.165, 1.54) is 7.11 Å². The van der Waals surface area contributed by atoms with Crippen molar-refractivity contribution >= 4 is 5.97 Å². The third kappa shape index (κ3) is 1.53. The van der Waals surface area contributed by atoms with E-state index in [1.807, 2.05) is 30.3 Å². The highest BCUT2D eigenvalue weighted by Gasteiger charge is 2.51. The average molecular weight is 206 g/mol. The Bertz CT molecular complexity index is 352. The molecule has 1 fully saturated rings. The zero-order valence-electron chi connectivity index (χ0n) is 8.64. The number of aliphatic hydroxyl groups is 1. The summed E-state index contributed by atoms with van der Waals surface area (Å²) in [5, 5.41) is 9.38. The van der Waals surface area contributed by atoms with Crippen molar-refractivity contribution in [1.29, 1.82) is 0 Å². The molecule has 1 aliphatic rings. The highest BCUT2D eigenvalue weighted by atomic mass is 16.5. The number of rotatable bonds is 2. The molecule has 1 aromatic rings. The smallest absolute Gasteiger partial charge is 0.316 e. The van der Waals surface area contributed by atoms with Crippen LogP contribution in [0.3, 0.4) is 0 Å². The van der Waals surface area contributed by atoms with Gasteiger partial charge in [-0.05, 0) is 18.4 Å². The van der Waals surface area contributed by atoms with Gasteiger partial charge in [-0.15, -0.1) is 0 Å². The zero-order valence-corrected chi connectivity index (χ0v) is 8.64. The van der Waals surface area contributed by atoms with E-state index in [0.29, 0.717) is 12.8 Å². The van der Waals surface area contributed by atoms with E-state index < -0.39 is 5.41 Å². The number of benzene rings is 1. The molecule has 0 atom stereocenters. The van der Waals surface area contributed by atoms with Gasteiger partial charge in [0.1, 0.15) is 0 Å². The molecule has 0 amide bonds. The summed E-state index contributed by atoms with van der Waals surface area (Å²) in [6, 6.07) is 9.50. The van der Waals surface area contributed by atoms with Gasteiger partial charge in [-0.2, -0.15) is 0 Å². The lowest BCUT2D eigenvalue weighted by atomic mass is 9.63. The van der Waals surface area contributed by atoms with Gasteiger partial charge in [0.2, 0.25) is 0 Å². The zero-order chi connectivity index (χ0) is 10.9. The lowest BCUT2D eigenvalue weighted by Crippen LogP contribution is -2.51. The topological polar surface area (TPSA) is 46.5 Å². The number of hydrogen-bond acceptors (Lipinski definition) is 3. The number of ether oxygens (including phenoxy) is 1. The van der Waals surface area contributed by atoms with Gasteiger partial charge in [-0.3, -0.25) is 4.79 Å². The monoisotopic (exact) mass is 206 g/mol. The second-order valence-corrected chi connectivity index (χ2v) is 4.00. The molecule has 2 rings (SSSR count). The number of esters is 1. The first-order valence-electron chi connectivity index (χ1n) is 5.01. The van der Waals surface area contributed by atoms with Crippen molar-refractivity contribution in [3.63, 3.8) is 0 Å². The fraction of sp³-hybridized carbons (Fsp3) is 0.417. The molecular formula is C12H14O3. The van der Waals surface area contributed by atoms with E-state index in [-0.39, 0.29) is 12.1 Å². The maximum atomic E-state index is 11.7. The van der Waals surface area contributed by atoms with Crippen LogP contribution < -0.4 is 0 Å². The Morgan fingerprint density at radius 2 is 2.00 bits per heavy atom. The van der Waals surface area contributed by atoms with Crippen molar-refractivity contribution in [2.45, 2.75) is 24.4 Å². The molecule has 1 aliphatic carbocycles. The first-order chi connectivity index (χ1) is 7.19. The predicted molar refractivity (Wildman–Crippen MR) is 55.4 cm³/mol. The van der Waals surface area contributed by atoms with Crippen LogP contribution in [0.25, 0.3) is 0 Å². The standard InChI is InChI=1S/C12H14O3/c1-15-11(14)12(7-10(13)8-12)9-5-3-2-4-6-9/h2-6,10,13H,7-8H2,1H3. The molecule has 0 aromatic heterocycles. The van der Waals surface area contributed by atoms with Gasteiger partial charge in [0.25, 0.3) is 0 Å². The number of carbonyl (C=O) groups excluding carboxylic acids is 1. The molecule has 0 saturated heterocycles. The van der Waals surface area contributed by atoms with Crippen LogP contribution >= 0.6 is 0 Å².